The number of hydrogen-bond donors (Lipinski definition) is 2. The molecule has 4 N–H and O–H groups in total. The number of aryl methyl sites for hydroxylation is 1. The second kappa shape index (κ2) is 6.25. The molecule has 0 unspecified atom stereocenters. The van der Waals surface area contributed by atoms with Crippen LogP contribution in [0.2, 0.25) is 0 Å². The highest BCUT2D eigenvalue weighted by Crippen LogP contribution is 2.45. The molecule has 8 nitrogen and oxygen atoms in total. The van der Waals surface area contributed by atoms with Crippen LogP contribution in [0.25, 0.3) is 0 Å². The molecule has 0 aromatic heterocycles. The molecule has 3 rings (SSSR count). The number of aliphatic imine (C=N–C) groups is 2. The van der Waals surface area contributed by atoms with Gasteiger partial charge in [0, 0.05) is 6.07 Å². The summed E-state index contributed by atoms with van der Waals surface area (Å²) in [6.07, 6.45) is 4.29. The van der Waals surface area contributed by atoms with Gasteiger partial charge in [-0.15, -0.1) is 0 Å². The molecule has 1 aromatic rings. The fraction of sp³-hybridized carbons (Fsp3) is 0.467. The van der Waals surface area contributed by atoms with Crippen molar-refractivity contribution in [1.82, 2.24) is 0 Å². The van der Waals surface area contributed by atoms with Gasteiger partial charge in [-0.25, -0.2) is 4.99 Å². The lowest BCUT2D eigenvalue weighted by molar-refractivity contribution is -0.387. The first-order valence-electron chi connectivity index (χ1n) is 7.89. The summed E-state index contributed by atoms with van der Waals surface area (Å²) in [7, 11) is 0. The average Bonchev–Trinajstić information content (AvgIpc) is 2.53. The van der Waals surface area contributed by atoms with Crippen LogP contribution in [0.5, 0.6) is 0 Å². The summed E-state index contributed by atoms with van der Waals surface area (Å²) in [5, 5.41) is 11.1. The van der Waals surface area contributed by atoms with Gasteiger partial charge in [0.15, 0.2) is 0 Å². The molecule has 0 bridgehead atoms. The zero-order valence-electron chi connectivity index (χ0n) is 13.6. The number of hydrogen-bond acceptors (Lipinski definition) is 7. The van der Waals surface area contributed by atoms with E-state index >= 15 is 0 Å². The Kier molecular flexibility index (Phi) is 4.40. The van der Waals surface area contributed by atoms with E-state index in [1.807, 2.05) is 0 Å². The normalized spacial score (nSPS) is 19.6. The van der Waals surface area contributed by atoms with E-state index in [0.717, 1.165) is 19.3 Å². The Morgan fingerprint density at radius 3 is 2.60 bits per heavy atom. The third-order valence-corrected chi connectivity index (χ3v) is 5.35. The Morgan fingerprint density at radius 2 is 2.00 bits per heavy atom. The van der Waals surface area contributed by atoms with E-state index in [0.29, 0.717) is 24.1 Å². The highest BCUT2D eigenvalue weighted by atomic mass is 79.9. The standard InChI is InChI=1S/C15H18BrFN6O2/c1-8-7-9(23(24)25)11(17)10(16)12(8)22-14(19)20-13(18)21-15(22)5-3-2-4-6-15/h7H,2-6H2,1H3,(H4,18,19,20,21). The maximum Gasteiger partial charge on any atom is 0.306 e. The Hall–Kier alpha value is -2.23. The largest absolute Gasteiger partial charge is 0.369 e. The van der Waals surface area contributed by atoms with Crippen LogP contribution < -0.4 is 16.4 Å². The van der Waals surface area contributed by atoms with Gasteiger partial charge >= 0.3 is 5.69 Å². The lowest BCUT2D eigenvalue weighted by atomic mass is 9.87. The third kappa shape index (κ3) is 2.84. The lowest BCUT2D eigenvalue weighted by Crippen LogP contribution is -2.58. The summed E-state index contributed by atoms with van der Waals surface area (Å²) in [4.78, 5) is 20.5. The molecule has 1 heterocycles. The first-order valence-corrected chi connectivity index (χ1v) is 8.69. The minimum absolute atomic E-state index is 0.0297. The summed E-state index contributed by atoms with van der Waals surface area (Å²) >= 11 is 3.17. The van der Waals surface area contributed by atoms with Crippen molar-refractivity contribution in [3.63, 3.8) is 0 Å². The molecular formula is C15H18BrFN6O2. The number of nitro groups is 1. The Balaban J connectivity index is 2.21. The number of nitro benzene ring substituents is 1. The average molecular weight is 413 g/mol. The Bertz CT molecular complexity index is 804. The Morgan fingerprint density at radius 1 is 1.36 bits per heavy atom. The molecule has 1 fully saturated rings. The topological polar surface area (TPSA) is 123 Å². The number of anilines is 1. The molecule has 134 valence electrons. The molecule has 1 aromatic carbocycles. The molecule has 1 spiro atoms. The van der Waals surface area contributed by atoms with Gasteiger partial charge in [-0.05, 0) is 54.1 Å². The molecule has 1 saturated carbocycles. The predicted molar refractivity (Wildman–Crippen MR) is 97.0 cm³/mol. The van der Waals surface area contributed by atoms with Crippen LogP contribution in [0, 0.1) is 22.9 Å². The van der Waals surface area contributed by atoms with Gasteiger partial charge in [0.2, 0.25) is 17.7 Å². The number of nitrogens with two attached hydrogens (primary N) is 2. The van der Waals surface area contributed by atoms with E-state index in [1.165, 1.54) is 6.07 Å². The molecule has 1 aliphatic carbocycles. The first kappa shape index (κ1) is 17.6. The van der Waals surface area contributed by atoms with Gasteiger partial charge in [-0.3, -0.25) is 15.0 Å². The van der Waals surface area contributed by atoms with Gasteiger partial charge in [-0.1, -0.05) is 6.42 Å². The second-order valence-corrected chi connectivity index (χ2v) is 7.06. The van der Waals surface area contributed by atoms with Crippen LogP contribution in [0.3, 0.4) is 0 Å². The summed E-state index contributed by atoms with van der Waals surface area (Å²) in [5.41, 5.74) is 11.5. The predicted octanol–water partition coefficient (Wildman–Crippen LogP) is 2.91. The van der Waals surface area contributed by atoms with Crippen LogP contribution in [-0.4, -0.2) is 22.5 Å². The van der Waals surface area contributed by atoms with Crippen LogP contribution in [-0.2, 0) is 0 Å². The van der Waals surface area contributed by atoms with Crippen molar-refractivity contribution < 1.29 is 9.31 Å². The second-order valence-electron chi connectivity index (χ2n) is 6.26. The minimum atomic E-state index is -0.952. The lowest BCUT2D eigenvalue weighted by Gasteiger charge is -2.46. The minimum Gasteiger partial charge on any atom is -0.369 e. The highest BCUT2D eigenvalue weighted by molar-refractivity contribution is 9.10. The fourth-order valence-corrected chi connectivity index (χ4v) is 4.27. The van der Waals surface area contributed by atoms with Crippen molar-refractivity contribution in [1.29, 1.82) is 0 Å². The molecule has 1 aliphatic heterocycles. The monoisotopic (exact) mass is 412 g/mol. The number of rotatable bonds is 2. The van der Waals surface area contributed by atoms with E-state index in [-0.39, 0.29) is 16.4 Å². The number of benzene rings is 1. The van der Waals surface area contributed by atoms with Crippen molar-refractivity contribution in [2.24, 2.45) is 21.5 Å². The van der Waals surface area contributed by atoms with Crippen molar-refractivity contribution >= 4 is 39.2 Å². The van der Waals surface area contributed by atoms with E-state index in [1.54, 1.807) is 11.8 Å². The number of halogens is 2. The maximum atomic E-state index is 14.6. The quantitative estimate of drug-likeness (QED) is 0.570. The van der Waals surface area contributed by atoms with E-state index < -0.39 is 22.1 Å². The smallest absolute Gasteiger partial charge is 0.306 e. The number of nitrogens with zero attached hydrogens (tertiary/aromatic N) is 4. The molecule has 0 radical (unpaired) electrons. The van der Waals surface area contributed by atoms with Crippen molar-refractivity contribution in [2.45, 2.75) is 44.7 Å². The zero-order valence-corrected chi connectivity index (χ0v) is 15.2. The molecule has 10 heteroatoms. The molecule has 0 saturated heterocycles. The first-order chi connectivity index (χ1) is 11.8. The summed E-state index contributed by atoms with van der Waals surface area (Å²) < 4.78 is 14.5. The molecular weight excluding hydrogens is 395 g/mol. The summed E-state index contributed by atoms with van der Waals surface area (Å²) in [6.45, 7) is 1.66. The van der Waals surface area contributed by atoms with Crippen LogP contribution in [0.1, 0.15) is 37.7 Å². The van der Waals surface area contributed by atoms with Gasteiger partial charge in [-0.2, -0.15) is 9.38 Å². The van der Waals surface area contributed by atoms with Gasteiger partial charge in [0.1, 0.15) is 5.66 Å². The van der Waals surface area contributed by atoms with E-state index in [4.69, 9.17) is 11.5 Å². The fourth-order valence-electron chi connectivity index (χ4n) is 3.58. The van der Waals surface area contributed by atoms with Gasteiger partial charge in [0.05, 0.1) is 15.1 Å². The Labute approximate surface area is 152 Å². The van der Waals surface area contributed by atoms with E-state index in [9.17, 15) is 14.5 Å². The van der Waals surface area contributed by atoms with Crippen molar-refractivity contribution in [3.05, 3.63) is 32.0 Å². The SMILES string of the molecule is Cc1cc([N+](=O)[O-])c(F)c(Br)c1N1C(N)=NC(N)=NC12CCCCC2. The molecule has 25 heavy (non-hydrogen) atoms. The molecule has 0 atom stereocenters. The maximum absolute atomic E-state index is 14.6. The summed E-state index contributed by atoms with van der Waals surface area (Å²) in [6, 6.07) is 1.20. The molecule has 0 amide bonds. The van der Waals surface area contributed by atoms with Crippen LogP contribution in [0.4, 0.5) is 15.8 Å². The third-order valence-electron chi connectivity index (χ3n) is 4.62. The van der Waals surface area contributed by atoms with Gasteiger partial charge < -0.3 is 11.5 Å². The van der Waals surface area contributed by atoms with Gasteiger partial charge in [0.25, 0.3) is 0 Å². The summed E-state index contributed by atoms with van der Waals surface area (Å²) in [5.74, 6) is -0.759. The zero-order chi connectivity index (χ0) is 18.4. The van der Waals surface area contributed by atoms with Crippen LogP contribution in [0.15, 0.2) is 20.5 Å². The van der Waals surface area contributed by atoms with Crippen molar-refractivity contribution in [3.8, 4) is 0 Å². The van der Waals surface area contributed by atoms with E-state index in [2.05, 4.69) is 25.9 Å². The van der Waals surface area contributed by atoms with Crippen LogP contribution >= 0.6 is 15.9 Å². The van der Waals surface area contributed by atoms with Crippen molar-refractivity contribution in [2.75, 3.05) is 4.90 Å². The molecule has 2 aliphatic rings. The number of guanidine groups is 2. The highest BCUT2D eigenvalue weighted by Gasteiger charge is 2.44.